The Morgan fingerprint density at radius 2 is 2.00 bits per heavy atom. The van der Waals surface area contributed by atoms with Gasteiger partial charge < -0.3 is 14.8 Å². The maximum absolute atomic E-state index is 12.3. The summed E-state index contributed by atoms with van der Waals surface area (Å²) in [4.78, 5) is 26.2. The number of amides is 1. The van der Waals surface area contributed by atoms with Gasteiger partial charge in [-0.25, -0.2) is 0 Å². The van der Waals surface area contributed by atoms with Gasteiger partial charge in [0.25, 0.3) is 0 Å². The molecule has 1 aromatic carbocycles. The molecular weight excluding hydrogens is 344 g/mol. The molecule has 0 unspecified atom stereocenters. The highest BCUT2D eigenvalue weighted by molar-refractivity contribution is 5.92. The van der Waals surface area contributed by atoms with E-state index < -0.39 is 0 Å². The summed E-state index contributed by atoms with van der Waals surface area (Å²) in [5, 5.41) is 2.93. The molecule has 2 rings (SSSR count). The first kappa shape index (κ1) is 21.2. The second-order valence-corrected chi connectivity index (χ2v) is 7.41. The Bertz CT molecular complexity index is 610. The molecule has 1 amide bonds. The van der Waals surface area contributed by atoms with E-state index in [0.717, 1.165) is 43.8 Å². The van der Waals surface area contributed by atoms with Crippen LogP contribution in [0.5, 0.6) is 5.75 Å². The number of carbonyl (C=O) groups excluding carboxylic acids is 2. The first-order valence-corrected chi connectivity index (χ1v) is 9.89. The van der Waals surface area contributed by atoms with Crippen molar-refractivity contribution in [3.8, 4) is 5.75 Å². The molecule has 0 atom stereocenters. The number of nitrogens with zero attached hydrogens (tertiary/aromatic N) is 1. The number of carbonyl (C=O) groups is 2. The summed E-state index contributed by atoms with van der Waals surface area (Å²) in [6, 6.07) is 7.49. The number of ether oxygens (including phenoxy) is 2. The Balaban J connectivity index is 1.75. The van der Waals surface area contributed by atoms with Crippen LogP contribution in [-0.2, 0) is 14.3 Å². The molecule has 6 heteroatoms. The van der Waals surface area contributed by atoms with Gasteiger partial charge in [0.15, 0.2) is 0 Å². The van der Waals surface area contributed by atoms with Crippen LogP contribution in [0.15, 0.2) is 24.3 Å². The van der Waals surface area contributed by atoms with Crippen molar-refractivity contribution in [1.29, 1.82) is 0 Å². The zero-order chi connectivity index (χ0) is 19.6. The molecule has 0 bridgehead atoms. The maximum Gasteiger partial charge on any atom is 0.309 e. The van der Waals surface area contributed by atoms with Crippen molar-refractivity contribution in [3.05, 3.63) is 24.3 Å². The molecule has 1 fully saturated rings. The van der Waals surface area contributed by atoms with Crippen molar-refractivity contribution < 1.29 is 19.1 Å². The van der Waals surface area contributed by atoms with Gasteiger partial charge >= 0.3 is 5.97 Å². The lowest BCUT2D eigenvalue weighted by atomic mass is 9.97. The first-order chi connectivity index (χ1) is 13.0. The summed E-state index contributed by atoms with van der Waals surface area (Å²) in [7, 11) is 0. The van der Waals surface area contributed by atoms with E-state index in [1.54, 1.807) is 0 Å². The molecule has 6 nitrogen and oxygen atoms in total. The van der Waals surface area contributed by atoms with Gasteiger partial charge in [-0.2, -0.15) is 0 Å². The van der Waals surface area contributed by atoms with E-state index in [2.05, 4.69) is 24.1 Å². The number of hydrogen-bond donors (Lipinski definition) is 1. The smallest absolute Gasteiger partial charge is 0.309 e. The second-order valence-electron chi connectivity index (χ2n) is 7.41. The Morgan fingerprint density at radius 1 is 1.26 bits per heavy atom. The molecule has 0 aromatic heterocycles. The largest absolute Gasteiger partial charge is 0.494 e. The van der Waals surface area contributed by atoms with E-state index in [1.165, 1.54) is 0 Å². The first-order valence-electron chi connectivity index (χ1n) is 9.89. The lowest BCUT2D eigenvalue weighted by Gasteiger charge is -2.30. The molecule has 0 aliphatic carbocycles. The van der Waals surface area contributed by atoms with Crippen LogP contribution in [-0.4, -0.2) is 49.6 Å². The van der Waals surface area contributed by atoms with Crippen LogP contribution in [0.2, 0.25) is 0 Å². The molecule has 1 saturated heterocycles. The highest BCUT2D eigenvalue weighted by Gasteiger charge is 2.26. The lowest BCUT2D eigenvalue weighted by molar-refractivity contribution is -0.149. The summed E-state index contributed by atoms with van der Waals surface area (Å²) in [6.07, 6.45) is 2.48. The van der Waals surface area contributed by atoms with Crippen LogP contribution in [0, 0.1) is 11.8 Å². The van der Waals surface area contributed by atoms with Crippen LogP contribution >= 0.6 is 0 Å². The van der Waals surface area contributed by atoms with Crippen molar-refractivity contribution >= 4 is 17.6 Å². The van der Waals surface area contributed by atoms with Crippen molar-refractivity contribution in [3.63, 3.8) is 0 Å². The highest BCUT2D eigenvalue weighted by Crippen LogP contribution is 2.20. The monoisotopic (exact) mass is 376 g/mol. The van der Waals surface area contributed by atoms with Gasteiger partial charge in [-0.05, 0) is 57.3 Å². The molecule has 0 radical (unpaired) electrons. The van der Waals surface area contributed by atoms with E-state index in [9.17, 15) is 9.59 Å². The van der Waals surface area contributed by atoms with Crippen molar-refractivity contribution in [2.24, 2.45) is 11.8 Å². The molecule has 0 saturated carbocycles. The van der Waals surface area contributed by atoms with E-state index in [0.29, 0.717) is 25.7 Å². The minimum atomic E-state index is -0.115. The number of esters is 1. The second kappa shape index (κ2) is 10.9. The predicted octanol–water partition coefficient (Wildman–Crippen LogP) is 3.33. The molecule has 0 spiro atoms. The average molecular weight is 376 g/mol. The third-order valence-electron chi connectivity index (χ3n) is 4.66. The van der Waals surface area contributed by atoms with Crippen LogP contribution in [0.3, 0.4) is 0 Å². The molecule has 1 N–H and O–H groups in total. The summed E-state index contributed by atoms with van der Waals surface area (Å²) in [6.45, 7) is 9.03. The summed E-state index contributed by atoms with van der Waals surface area (Å²) >= 11 is 0. The molecular formula is C21H32N2O4. The number of piperidine rings is 1. The van der Waals surface area contributed by atoms with Gasteiger partial charge in [-0.1, -0.05) is 19.9 Å². The lowest BCUT2D eigenvalue weighted by Crippen LogP contribution is -2.41. The molecule has 1 aliphatic heterocycles. The highest BCUT2D eigenvalue weighted by atomic mass is 16.5. The van der Waals surface area contributed by atoms with Gasteiger partial charge in [-0.15, -0.1) is 0 Å². The maximum atomic E-state index is 12.3. The number of benzene rings is 1. The van der Waals surface area contributed by atoms with Gasteiger partial charge in [0.2, 0.25) is 5.91 Å². The Morgan fingerprint density at radius 3 is 2.67 bits per heavy atom. The molecule has 1 heterocycles. The Hall–Kier alpha value is -2.08. The molecule has 150 valence electrons. The molecule has 1 aromatic rings. The van der Waals surface area contributed by atoms with Crippen LogP contribution in [0.25, 0.3) is 0 Å². The van der Waals surface area contributed by atoms with E-state index in [4.69, 9.17) is 9.47 Å². The fourth-order valence-corrected chi connectivity index (χ4v) is 3.07. The quantitative estimate of drug-likeness (QED) is 0.670. The number of nitrogens with one attached hydrogen (secondary N) is 1. The summed E-state index contributed by atoms with van der Waals surface area (Å²) in [5.74, 6) is 1.16. The van der Waals surface area contributed by atoms with Gasteiger partial charge in [0, 0.05) is 11.8 Å². The Kier molecular flexibility index (Phi) is 8.58. The average Bonchev–Trinajstić information content (AvgIpc) is 2.62. The fraction of sp³-hybridized carbons (Fsp3) is 0.619. The number of rotatable bonds is 9. The third-order valence-corrected chi connectivity index (χ3v) is 4.66. The van der Waals surface area contributed by atoms with Crippen LogP contribution < -0.4 is 10.1 Å². The third kappa shape index (κ3) is 7.59. The Labute approximate surface area is 162 Å². The van der Waals surface area contributed by atoms with E-state index >= 15 is 0 Å². The van der Waals surface area contributed by atoms with Gasteiger partial charge in [-0.3, -0.25) is 14.5 Å². The topological polar surface area (TPSA) is 67.9 Å². The SMILES string of the molecule is CCOC(=O)C1CCN(CC(=O)Nc2cccc(OCCC(C)C)c2)CC1. The minimum Gasteiger partial charge on any atom is -0.494 e. The number of hydrogen-bond acceptors (Lipinski definition) is 5. The zero-order valence-corrected chi connectivity index (χ0v) is 16.7. The van der Waals surface area contributed by atoms with Crippen LogP contribution in [0.1, 0.15) is 40.0 Å². The predicted molar refractivity (Wildman–Crippen MR) is 106 cm³/mol. The molecule has 1 aliphatic rings. The van der Waals surface area contributed by atoms with Crippen molar-refractivity contribution in [2.45, 2.75) is 40.0 Å². The summed E-state index contributed by atoms with van der Waals surface area (Å²) in [5.41, 5.74) is 0.739. The summed E-state index contributed by atoms with van der Waals surface area (Å²) < 4.78 is 10.8. The van der Waals surface area contributed by atoms with Crippen LogP contribution in [0.4, 0.5) is 5.69 Å². The fourth-order valence-electron chi connectivity index (χ4n) is 3.07. The van der Waals surface area contributed by atoms with Gasteiger partial charge in [0.1, 0.15) is 5.75 Å². The minimum absolute atomic E-state index is 0.0380. The van der Waals surface area contributed by atoms with Crippen molar-refractivity contribution in [2.75, 3.05) is 38.2 Å². The standard InChI is InChI=1S/C21H32N2O4/c1-4-26-21(25)17-8-11-23(12-9-17)15-20(24)22-18-6-5-7-19(14-18)27-13-10-16(2)3/h5-7,14,16-17H,4,8-13,15H2,1-3H3,(H,22,24). The van der Waals surface area contributed by atoms with E-state index in [1.807, 2.05) is 31.2 Å². The van der Waals surface area contributed by atoms with Crippen molar-refractivity contribution in [1.82, 2.24) is 4.90 Å². The zero-order valence-electron chi connectivity index (χ0n) is 16.7. The normalized spacial score (nSPS) is 15.6. The number of likely N-dealkylation sites (tertiary alicyclic amines) is 1. The molecule has 27 heavy (non-hydrogen) atoms. The van der Waals surface area contributed by atoms with Gasteiger partial charge in [0.05, 0.1) is 25.7 Å². The van der Waals surface area contributed by atoms with E-state index in [-0.39, 0.29) is 17.8 Å². The number of anilines is 1.